The molecule has 5 nitrogen and oxygen atoms in total. The monoisotopic (exact) mass is 407 g/mol. The molecule has 0 spiro atoms. The van der Waals surface area contributed by atoms with E-state index < -0.39 is 0 Å². The Morgan fingerprint density at radius 3 is 2.81 bits per heavy atom. The number of thioether (sulfide) groups is 1. The fraction of sp³-hybridized carbons (Fsp3) is 0.278. The van der Waals surface area contributed by atoms with Gasteiger partial charge in [-0.15, -0.1) is 11.3 Å². The van der Waals surface area contributed by atoms with Gasteiger partial charge >= 0.3 is 0 Å². The van der Waals surface area contributed by atoms with Gasteiger partial charge in [0.2, 0.25) is 5.91 Å². The van der Waals surface area contributed by atoms with Crippen LogP contribution in [-0.2, 0) is 4.79 Å². The number of thiophene rings is 1. The molecule has 136 valence electrons. The summed E-state index contributed by atoms with van der Waals surface area (Å²) in [4.78, 5) is 23.3. The number of aromatic nitrogens is 2. The van der Waals surface area contributed by atoms with E-state index >= 15 is 0 Å². The summed E-state index contributed by atoms with van der Waals surface area (Å²) >= 11 is 9.15. The van der Waals surface area contributed by atoms with Crippen LogP contribution < -0.4 is 10.1 Å². The van der Waals surface area contributed by atoms with Gasteiger partial charge in [-0.1, -0.05) is 23.4 Å². The molecule has 1 N–H and O–H groups in total. The topological polar surface area (TPSA) is 64.1 Å². The maximum absolute atomic E-state index is 12.4. The second-order valence-electron chi connectivity index (χ2n) is 5.78. The number of amides is 1. The summed E-state index contributed by atoms with van der Waals surface area (Å²) in [6.45, 7) is 6.01. The van der Waals surface area contributed by atoms with Crippen molar-refractivity contribution in [2.24, 2.45) is 0 Å². The van der Waals surface area contributed by atoms with Crippen LogP contribution in [0.5, 0.6) is 5.75 Å². The molecule has 8 heteroatoms. The fourth-order valence-electron chi connectivity index (χ4n) is 2.51. The lowest BCUT2D eigenvalue weighted by Crippen LogP contribution is -2.15. The standard InChI is InChI=1S/C18H18ClN3O2S2/c1-9-5-13(14(24-4)6-12(9)19)22-15(23)7-25-17-16-10(2)11(3)26-18(16)21-8-20-17/h5-6,8H,7H2,1-4H3,(H,22,23). The summed E-state index contributed by atoms with van der Waals surface area (Å²) in [5.41, 5.74) is 2.65. The lowest BCUT2D eigenvalue weighted by atomic mass is 10.2. The molecule has 0 radical (unpaired) electrons. The minimum absolute atomic E-state index is 0.133. The van der Waals surface area contributed by atoms with Gasteiger partial charge in [0, 0.05) is 21.4 Å². The molecule has 0 atom stereocenters. The molecule has 0 saturated heterocycles. The third kappa shape index (κ3) is 3.79. The van der Waals surface area contributed by atoms with E-state index in [-0.39, 0.29) is 11.7 Å². The second kappa shape index (κ2) is 7.82. The van der Waals surface area contributed by atoms with Crippen molar-refractivity contribution in [3.05, 3.63) is 39.5 Å². The summed E-state index contributed by atoms with van der Waals surface area (Å²) in [5.74, 6) is 0.643. The van der Waals surface area contributed by atoms with Gasteiger partial charge in [-0.05, 0) is 38.0 Å². The molecule has 0 aliphatic rings. The number of fused-ring (bicyclic) bond motifs is 1. The summed E-state index contributed by atoms with van der Waals surface area (Å²) in [5, 5.41) is 5.34. The van der Waals surface area contributed by atoms with Crippen LogP contribution in [0.3, 0.4) is 0 Å². The van der Waals surface area contributed by atoms with E-state index in [0.29, 0.717) is 16.5 Å². The predicted molar refractivity (Wildman–Crippen MR) is 109 cm³/mol. The van der Waals surface area contributed by atoms with Crippen molar-refractivity contribution in [1.29, 1.82) is 0 Å². The van der Waals surface area contributed by atoms with Crippen LogP contribution in [0.2, 0.25) is 5.02 Å². The van der Waals surface area contributed by atoms with Crippen molar-refractivity contribution < 1.29 is 9.53 Å². The second-order valence-corrected chi connectivity index (χ2v) is 8.36. The molecule has 2 aromatic heterocycles. The van der Waals surface area contributed by atoms with Crippen molar-refractivity contribution in [3.63, 3.8) is 0 Å². The molecule has 0 saturated carbocycles. The molecule has 0 unspecified atom stereocenters. The Bertz CT molecular complexity index is 988. The molecule has 3 rings (SSSR count). The fourth-order valence-corrected chi connectivity index (χ4v) is 4.58. The molecule has 1 aromatic carbocycles. The van der Waals surface area contributed by atoms with Crippen LogP contribution in [0.15, 0.2) is 23.5 Å². The van der Waals surface area contributed by atoms with Gasteiger partial charge in [-0.2, -0.15) is 0 Å². The quantitative estimate of drug-likeness (QED) is 0.475. The van der Waals surface area contributed by atoms with Crippen LogP contribution in [0.1, 0.15) is 16.0 Å². The number of aryl methyl sites for hydroxylation is 3. The number of nitrogens with zero attached hydrogens (tertiary/aromatic N) is 2. The molecule has 26 heavy (non-hydrogen) atoms. The molecule has 0 bridgehead atoms. The summed E-state index contributed by atoms with van der Waals surface area (Å²) in [7, 11) is 1.55. The Labute approximate surface area is 165 Å². The van der Waals surface area contributed by atoms with E-state index in [4.69, 9.17) is 16.3 Å². The first-order valence-electron chi connectivity index (χ1n) is 7.88. The SMILES string of the molecule is COc1cc(Cl)c(C)cc1NC(=O)CSc1ncnc2sc(C)c(C)c12. The number of rotatable bonds is 5. The number of carbonyl (C=O) groups is 1. The molecule has 1 amide bonds. The Morgan fingerprint density at radius 2 is 2.08 bits per heavy atom. The van der Waals surface area contributed by atoms with Crippen molar-refractivity contribution in [2.75, 3.05) is 18.2 Å². The zero-order valence-corrected chi connectivity index (χ0v) is 17.2. The van der Waals surface area contributed by atoms with Crippen LogP contribution in [-0.4, -0.2) is 28.7 Å². The number of carbonyl (C=O) groups excluding carboxylic acids is 1. The van der Waals surface area contributed by atoms with Crippen LogP contribution >= 0.6 is 34.7 Å². The normalized spacial score (nSPS) is 11.0. The number of methoxy groups -OCH3 is 1. The van der Waals surface area contributed by atoms with Gasteiger partial charge in [0.1, 0.15) is 21.9 Å². The average molecular weight is 408 g/mol. The molecule has 0 aliphatic heterocycles. The number of benzene rings is 1. The number of hydrogen-bond acceptors (Lipinski definition) is 6. The van der Waals surface area contributed by atoms with E-state index in [1.54, 1.807) is 36.9 Å². The number of ether oxygens (including phenoxy) is 1. The van der Waals surface area contributed by atoms with Crippen molar-refractivity contribution >= 4 is 56.5 Å². The van der Waals surface area contributed by atoms with E-state index in [2.05, 4.69) is 29.1 Å². The lowest BCUT2D eigenvalue weighted by Gasteiger charge is -2.12. The zero-order valence-electron chi connectivity index (χ0n) is 14.8. The van der Waals surface area contributed by atoms with E-state index in [1.165, 1.54) is 22.2 Å². The maximum Gasteiger partial charge on any atom is 0.234 e. The van der Waals surface area contributed by atoms with Crippen LogP contribution in [0.25, 0.3) is 10.2 Å². The first-order valence-corrected chi connectivity index (χ1v) is 10.1. The Morgan fingerprint density at radius 1 is 1.31 bits per heavy atom. The first kappa shape index (κ1) is 18.9. The highest BCUT2D eigenvalue weighted by Gasteiger charge is 2.15. The first-order chi connectivity index (χ1) is 12.4. The van der Waals surface area contributed by atoms with Gasteiger partial charge < -0.3 is 10.1 Å². The predicted octanol–water partition coefficient (Wildman–Crippen LogP) is 5.01. The van der Waals surface area contributed by atoms with E-state index in [0.717, 1.165) is 20.8 Å². The van der Waals surface area contributed by atoms with E-state index in [9.17, 15) is 4.79 Å². The summed E-state index contributed by atoms with van der Waals surface area (Å²) in [6, 6.07) is 3.50. The Balaban J connectivity index is 1.75. The van der Waals surface area contributed by atoms with Gasteiger partial charge in [0.25, 0.3) is 0 Å². The summed E-state index contributed by atoms with van der Waals surface area (Å²) < 4.78 is 5.30. The van der Waals surface area contributed by atoms with Gasteiger partial charge in [-0.25, -0.2) is 9.97 Å². The maximum atomic E-state index is 12.4. The average Bonchev–Trinajstić information content (AvgIpc) is 2.91. The van der Waals surface area contributed by atoms with Gasteiger partial charge in [0.05, 0.1) is 18.6 Å². The molecule has 0 fully saturated rings. The van der Waals surface area contributed by atoms with Crippen LogP contribution in [0.4, 0.5) is 5.69 Å². The number of anilines is 1. The highest BCUT2D eigenvalue weighted by atomic mass is 35.5. The van der Waals surface area contributed by atoms with Gasteiger partial charge in [-0.3, -0.25) is 4.79 Å². The molecular weight excluding hydrogens is 390 g/mol. The minimum atomic E-state index is -0.133. The van der Waals surface area contributed by atoms with Gasteiger partial charge in [0.15, 0.2) is 0 Å². The molecule has 2 heterocycles. The van der Waals surface area contributed by atoms with Crippen molar-refractivity contribution in [1.82, 2.24) is 9.97 Å². The Kier molecular flexibility index (Phi) is 5.70. The highest BCUT2D eigenvalue weighted by Crippen LogP contribution is 2.35. The zero-order chi connectivity index (χ0) is 18.8. The minimum Gasteiger partial charge on any atom is -0.495 e. The van der Waals surface area contributed by atoms with E-state index in [1.807, 2.05) is 6.92 Å². The summed E-state index contributed by atoms with van der Waals surface area (Å²) in [6.07, 6.45) is 1.55. The molecule has 3 aromatic rings. The third-order valence-corrected chi connectivity index (χ3v) is 6.54. The number of nitrogens with one attached hydrogen (secondary N) is 1. The lowest BCUT2D eigenvalue weighted by molar-refractivity contribution is -0.113. The number of halogens is 1. The smallest absolute Gasteiger partial charge is 0.234 e. The van der Waals surface area contributed by atoms with Crippen molar-refractivity contribution in [3.8, 4) is 5.75 Å². The molecule has 0 aliphatic carbocycles. The van der Waals surface area contributed by atoms with Crippen molar-refractivity contribution in [2.45, 2.75) is 25.8 Å². The van der Waals surface area contributed by atoms with Crippen LogP contribution in [0, 0.1) is 20.8 Å². The highest BCUT2D eigenvalue weighted by molar-refractivity contribution is 8.00. The Hall–Kier alpha value is -1.83. The largest absolute Gasteiger partial charge is 0.495 e. The number of hydrogen-bond donors (Lipinski definition) is 1. The molecular formula is C18H18ClN3O2S2. The third-order valence-electron chi connectivity index (χ3n) is 4.03.